The van der Waals surface area contributed by atoms with Crippen LogP contribution in [0.1, 0.15) is 36.4 Å². The molecule has 0 bridgehead atoms. The van der Waals surface area contributed by atoms with Crippen molar-refractivity contribution in [1.82, 2.24) is 20.4 Å². The second kappa shape index (κ2) is 7.09. The first-order chi connectivity index (χ1) is 12.3. The minimum absolute atomic E-state index is 0.0552. The summed E-state index contributed by atoms with van der Waals surface area (Å²) in [6.07, 6.45) is 5.55. The molecule has 6 nitrogen and oxygen atoms in total. The van der Waals surface area contributed by atoms with E-state index in [2.05, 4.69) is 39.0 Å². The predicted octanol–water partition coefficient (Wildman–Crippen LogP) is 2.75. The molecule has 1 aromatic carbocycles. The van der Waals surface area contributed by atoms with Gasteiger partial charge in [-0.05, 0) is 48.9 Å². The molecule has 0 saturated carbocycles. The second-order valence-corrected chi connectivity index (χ2v) is 6.75. The number of carbonyl (C=O) groups is 1. The molecule has 1 saturated heterocycles. The average molecular weight is 337 g/mol. The van der Waals surface area contributed by atoms with Gasteiger partial charge in [-0.15, -0.1) is 5.10 Å². The molecular formula is C19H23N5O. The summed E-state index contributed by atoms with van der Waals surface area (Å²) in [7, 11) is 0. The maximum Gasteiger partial charge on any atom is 0.317 e. The van der Waals surface area contributed by atoms with Gasteiger partial charge in [-0.3, -0.25) is 0 Å². The Labute approximate surface area is 147 Å². The van der Waals surface area contributed by atoms with E-state index in [1.165, 1.54) is 11.1 Å². The third kappa shape index (κ3) is 3.57. The molecule has 4 rings (SSSR count). The molecule has 2 aromatic rings. The number of likely N-dealkylation sites (tertiary alicyclic amines) is 1. The number of hydrogen-bond acceptors (Lipinski definition) is 4. The average Bonchev–Trinajstić information content (AvgIpc) is 3.06. The van der Waals surface area contributed by atoms with Crippen molar-refractivity contribution < 1.29 is 4.79 Å². The van der Waals surface area contributed by atoms with Crippen molar-refractivity contribution in [1.29, 1.82) is 0 Å². The zero-order valence-corrected chi connectivity index (χ0v) is 14.2. The van der Waals surface area contributed by atoms with Crippen molar-refractivity contribution in [2.24, 2.45) is 0 Å². The number of aryl methyl sites for hydroxylation is 1. The molecule has 0 radical (unpaired) electrons. The molecule has 1 aliphatic heterocycles. The SMILES string of the molecule is O=C(N[C@H]1CCc2ccccc21)N1CCC(Nc2cccnn2)CC1. The lowest BCUT2D eigenvalue weighted by Crippen LogP contribution is -2.47. The van der Waals surface area contributed by atoms with Crippen molar-refractivity contribution >= 4 is 11.8 Å². The minimum Gasteiger partial charge on any atom is -0.366 e. The zero-order valence-electron chi connectivity index (χ0n) is 14.2. The summed E-state index contributed by atoms with van der Waals surface area (Å²) in [6, 6.07) is 12.7. The summed E-state index contributed by atoms with van der Waals surface area (Å²) in [4.78, 5) is 14.5. The summed E-state index contributed by atoms with van der Waals surface area (Å²) >= 11 is 0. The Balaban J connectivity index is 1.29. The largest absolute Gasteiger partial charge is 0.366 e. The van der Waals surface area contributed by atoms with Crippen LogP contribution in [0.2, 0.25) is 0 Å². The molecule has 1 fully saturated rings. The van der Waals surface area contributed by atoms with Crippen LogP contribution in [0.25, 0.3) is 0 Å². The molecule has 2 amide bonds. The number of benzene rings is 1. The van der Waals surface area contributed by atoms with E-state index < -0.39 is 0 Å². The third-order valence-electron chi connectivity index (χ3n) is 5.14. The first-order valence-electron chi connectivity index (χ1n) is 8.97. The number of carbonyl (C=O) groups excluding carboxylic acids is 1. The fourth-order valence-corrected chi connectivity index (χ4v) is 3.76. The number of amides is 2. The van der Waals surface area contributed by atoms with Gasteiger partial charge in [0.1, 0.15) is 5.82 Å². The third-order valence-corrected chi connectivity index (χ3v) is 5.14. The molecule has 1 atom stereocenters. The summed E-state index contributed by atoms with van der Waals surface area (Å²) in [5.41, 5.74) is 2.63. The Kier molecular flexibility index (Phi) is 4.50. The van der Waals surface area contributed by atoms with E-state index in [-0.39, 0.29) is 12.1 Å². The van der Waals surface area contributed by atoms with E-state index in [9.17, 15) is 4.79 Å². The molecule has 1 aromatic heterocycles. The van der Waals surface area contributed by atoms with Crippen molar-refractivity contribution in [2.45, 2.75) is 37.8 Å². The molecule has 0 spiro atoms. The number of nitrogens with one attached hydrogen (secondary N) is 2. The van der Waals surface area contributed by atoms with Crippen LogP contribution in [0.4, 0.5) is 10.6 Å². The molecular weight excluding hydrogens is 314 g/mol. The first-order valence-corrected chi connectivity index (χ1v) is 8.97. The Bertz CT molecular complexity index is 728. The van der Waals surface area contributed by atoms with E-state index in [0.29, 0.717) is 6.04 Å². The Morgan fingerprint density at radius 3 is 2.72 bits per heavy atom. The van der Waals surface area contributed by atoms with Crippen molar-refractivity contribution in [3.63, 3.8) is 0 Å². The number of piperidine rings is 1. The normalized spacial score (nSPS) is 20.2. The summed E-state index contributed by atoms with van der Waals surface area (Å²) in [6.45, 7) is 1.52. The number of anilines is 1. The van der Waals surface area contributed by atoms with Crippen LogP contribution in [0.15, 0.2) is 42.6 Å². The van der Waals surface area contributed by atoms with Crippen LogP contribution >= 0.6 is 0 Å². The van der Waals surface area contributed by atoms with E-state index in [4.69, 9.17) is 0 Å². The van der Waals surface area contributed by atoms with Gasteiger partial charge in [-0.25, -0.2) is 4.79 Å². The molecule has 6 heteroatoms. The minimum atomic E-state index is 0.0552. The predicted molar refractivity (Wildman–Crippen MR) is 96.3 cm³/mol. The molecule has 2 heterocycles. The van der Waals surface area contributed by atoms with Crippen LogP contribution in [0, 0.1) is 0 Å². The van der Waals surface area contributed by atoms with Crippen molar-refractivity contribution in [2.75, 3.05) is 18.4 Å². The van der Waals surface area contributed by atoms with Gasteiger partial charge in [0.15, 0.2) is 0 Å². The highest BCUT2D eigenvalue weighted by atomic mass is 16.2. The van der Waals surface area contributed by atoms with E-state index in [1.54, 1.807) is 6.20 Å². The summed E-state index contributed by atoms with van der Waals surface area (Å²) in [5.74, 6) is 0.799. The van der Waals surface area contributed by atoms with E-state index >= 15 is 0 Å². The van der Waals surface area contributed by atoms with Crippen LogP contribution in [0.3, 0.4) is 0 Å². The Morgan fingerprint density at radius 1 is 1.08 bits per heavy atom. The lowest BCUT2D eigenvalue weighted by atomic mass is 10.1. The Morgan fingerprint density at radius 2 is 1.92 bits per heavy atom. The summed E-state index contributed by atoms with van der Waals surface area (Å²) in [5, 5.41) is 14.6. The quantitative estimate of drug-likeness (QED) is 0.903. The van der Waals surface area contributed by atoms with E-state index in [1.807, 2.05) is 23.1 Å². The fraction of sp³-hybridized carbons (Fsp3) is 0.421. The van der Waals surface area contributed by atoms with Gasteiger partial charge in [0.25, 0.3) is 0 Å². The number of aromatic nitrogens is 2. The van der Waals surface area contributed by atoms with Gasteiger partial charge in [-0.2, -0.15) is 5.10 Å². The lowest BCUT2D eigenvalue weighted by Gasteiger charge is -2.33. The van der Waals surface area contributed by atoms with Crippen LogP contribution in [-0.4, -0.2) is 40.3 Å². The number of nitrogens with zero attached hydrogens (tertiary/aromatic N) is 3. The molecule has 2 aliphatic rings. The highest BCUT2D eigenvalue weighted by Gasteiger charge is 2.27. The van der Waals surface area contributed by atoms with Gasteiger partial charge >= 0.3 is 6.03 Å². The number of hydrogen-bond donors (Lipinski definition) is 2. The Hall–Kier alpha value is -2.63. The van der Waals surface area contributed by atoms with Gasteiger partial charge in [-0.1, -0.05) is 24.3 Å². The van der Waals surface area contributed by atoms with Gasteiger partial charge in [0, 0.05) is 25.3 Å². The highest BCUT2D eigenvalue weighted by Crippen LogP contribution is 2.31. The molecule has 130 valence electrons. The molecule has 1 aliphatic carbocycles. The molecule has 2 N–H and O–H groups in total. The van der Waals surface area contributed by atoms with Gasteiger partial charge in [0.05, 0.1) is 6.04 Å². The van der Waals surface area contributed by atoms with Crippen LogP contribution in [0.5, 0.6) is 0 Å². The van der Waals surface area contributed by atoms with Gasteiger partial charge < -0.3 is 15.5 Å². The van der Waals surface area contributed by atoms with E-state index in [0.717, 1.165) is 44.6 Å². The first kappa shape index (κ1) is 15.9. The highest BCUT2D eigenvalue weighted by molar-refractivity contribution is 5.75. The van der Waals surface area contributed by atoms with Gasteiger partial charge in [0.2, 0.25) is 0 Å². The van der Waals surface area contributed by atoms with Crippen LogP contribution in [-0.2, 0) is 6.42 Å². The topological polar surface area (TPSA) is 70.2 Å². The second-order valence-electron chi connectivity index (χ2n) is 6.75. The van der Waals surface area contributed by atoms with Crippen LogP contribution < -0.4 is 10.6 Å². The lowest BCUT2D eigenvalue weighted by molar-refractivity contribution is 0.179. The smallest absolute Gasteiger partial charge is 0.317 e. The fourth-order valence-electron chi connectivity index (χ4n) is 3.76. The monoisotopic (exact) mass is 337 g/mol. The number of fused-ring (bicyclic) bond motifs is 1. The standard InChI is InChI=1S/C19H23N5O/c25-19(22-17-8-7-14-4-1-2-5-16(14)17)24-12-9-15(10-13-24)21-18-6-3-11-20-23-18/h1-6,11,15,17H,7-10,12-13H2,(H,21,23)(H,22,25)/t17-/m0/s1. The molecule has 25 heavy (non-hydrogen) atoms. The van der Waals surface area contributed by atoms with Crippen molar-refractivity contribution in [3.05, 3.63) is 53.7 Å². The maximum absolute atomic E-state index is 12.6. The molecule has 0 unspecified atom stereocenters. The maximum atomic E-state index is 12.6. The summed E-state index contributed by atoms with van der Waals surface area (Å²) < 4.78 is 0. The zero-order chi connectivity index (χ0) is 17.1. The number of urea groups is 1. The van der Waals surface area contributed by atoms with Crippen molar-refractivity contribution in [3.8, 4) is 0 Å². The number of rotatable bonds is 3.